The summed E-state index contributed by atoms with van der Waals surface area (Å²) in [5, 5.41) is 0. The molecule has 0 saturated carbocycles. The zero-order chi connectivity index (χ0) is 15.6. The van der Waals surface area contributed by atoms with Crippen LogP contribution in [0, 0.1) is 5.41 Å². The highest BCUT2D eigenvalue weighted by molar-refractivity contribution is 7.89. The molecule has 0 saturated heterocycles. The third-order valence-corrected chi connectivity index (χ3v) is 4.47. The second kappa shape index (κ2) is 5.86. The smallest absolute Gasteiger partial charge is 0.240 e. The van der Waals surface area contributed by atoms with Crippen molar-refractivity contribution < 1.29 is 13.2 Å². The number of benzene rings is 1. The molecule has 110 valence electrons. The molecule has 1 rings (SSSR count). The van der Waals surface area contributed by atoms with Crippen LogP contribution < -0.4 is 16.2 Å². The van der Waals surface area contributed by atoms with Crippen LogP contribution in [0.25, 0.3) is 0 Å². The molecular formula is C12H17N3O3S2. The Morgan fingerprint density at radius 3 is 2.15 bits per heavy atom. The van der Waals surface area contributed by atoms with Crippen LogP contribution in [0.2, 0.25) is 0 Å². The molecule has 0 aromatic heterocycles. The number of nitrogens with two attached hydrogens (primary N) is 2. The summed E-state index contributed by atoms with van der Waals surface area (Å²) in [5.74, 6) is -0.580. The summed E-state index contributed by atoms with van der Waals surface area (Å²) in [7, 11) is -3.71. The first kappa shape index (κ1) is 16.5. The van der Waals surface area contributed by atoms with Crippen molar-refractivity contribution in [3.05, 3.63) is 29.8 Å². The van der Waals surface area contributed by atoms with Gasteiger partial charge >= 0.3 is 0 Å². The fourth-order valence-corrected chi connectivity index (χ4v) is 2.59. The van der Waals surface area contributed by atoms with E-state index in [1.165, 1.54) is 24.3 Å². The van der Waals surface area contributed by atoms with Crippen LogP contribution in [0.3, 0.4) is 0 Å². The van der Waals surface area contributed by atoms with Crippen LogP contribution in [-0.4, -0.2) is 25.9 Å². The van der Waals surface area contributed by atoms with Crippen LogP contribution in [-0.2, 0) is 14.8 Å². The number of primary amides is 1. The van der Waals surface area contributed by atoms with Gasteiger partial charge in [0.1, 0.15) is 4.99 Å². The molecule has 1 aromatic rings. The van der Waals surface area contributed by atoms with Crippen LogP contribution in [0.5, 0.6) is 0 Å². The molecule has 1 aromatic carbocycles. The second-order valence-electron chi connectivity index (χ2n) is 4.96. The van der Waals surface area contributed by atoms with E-state index in [0.717, 1.165) is 0 Å². The zero-order valence-electron chi connectivity index (χ0n) is 11.2. The Bertz CT molecular complexity index is 622. The molecule has 0 fully saturated rings. The lowest BCUT2D eigenvalue weighted by Crippen LogP contribution is -2.42. The highest BCUT2D eigenvalue weighted by Gasteiger charge is 2.27. The van der Waals surface area contributed by atoms with Gasteiger partial charge in [-0.05, 0) is 26.0 Å². The van der Waals surface area contributed by atoms with Gasteiger partial charge in [0.25, 0.3) is 0 Å². The number of carbonyl (C=O) groups is 1. The highest BCUT2D eigenvalue weighted by atomic mass is 32.2. The van der Waals surface area contributed by atoms with Gasteiger partial charge in [-0.1, -0.05) is 24.4 Å². The van der Waals surface area contributed by atoms with Gasteiger partial charge < -0.3 is 11.5 Å². The van der Waals surface area contributed by atoms with E-state index in [1.54, 1.807) is 13.8 Å². The Kier molecular flexibility index (Phi) is 4.85. The van der Waals surface area contributed by atoms with Crippen molar-refractivity contribution in [2.45, 2.75) is 18.7 Å². The maximum Gasteiger partial charge on any atom is 0.240 e. The van der Waals surface area contributed by atoms with Crippen molar-refractivity contribution in [3.8, 4) is 0 Å². The molecule has 0 unspecified atom stereocenters. The quantitative estimate of drug-likeness (QED) is 0.644. The standard InChI is InChI=1S/C12H17N3O3S2/c1-12(2,11(14)16)7-15-20(17,18)9-5-3-8(4-6-9)10(13)19/h3-6,15H,7H2,1-2H3,(H2,13,19)(H2,14,16). The Hall–Kier alpha value is -1.51. The third kappa shape index (κ3) is 3.99. The van der Waals surface area contributed by atoms with Crippen LogP contribution >= 0.6 is 12.2 Å². The molecule has 8 heteroatoms. The van der Waals surface area contributed by atoms with Crippen molar-refractivity contribution in [2.75, 3.05) is 6.54 Å². The summed E-state index contributed by atoms with van der Waals surface area (Å²) < 4.78 is 26.5. The number of amides is 1. The predicted molar refractivity (Wildman–Crippen MR) is 80.5 cm³/mol. The summed E-state index contributed by atoms with van der Waals surface area (Å²) in [6, 6.07) is 5.84. The van der Waals surface area contributed by atoms with Crippen LogP contribution in [0.15, 0.2) is 29.2 Å². The number of carbonyl (C=O) groups excluding carboxylic acids is 1. The fraction of sp³-hybridized carbons (Fsp3) is 0.333. The molecule has 0 heterocycles. The van der Waals surface area contributed by atoms with E-state index in [0.29, 0.717) is 5.56 Å². The van der Waals surface area contributed by atoms with Crippen molar-refractivity contribution in [1.82, 2.24) is 4.72 Å². The predicted octanol–water partition coefficient (Wildman–Crippen LogP) is 0.111. The maximum atomic E-state index is 12.1. The molecule has 0 bridgehead atoms. The average molecular weight is 315 g/mol. The van der Waals surface area contributed by atoms with E-state index < -0.39 is 21.3 Å². The van der Waals surface area contributed by atoms with E-state index in [1.807, 2.05) is 0 Å². The largest absolute Gasteiger partial charge is 0.389 e. The average Bonchev–Trinajstić information content (AvgIpc) is 2.36. The topological polar surface area (TPSA) is 115 Å². The summed E-state index contributed by atoms with van der Waals surface area (Å²) >= 11 is 4.79. The monoisotopic (exact) mass is 315 g/mol. The highest BCUT2D eigenvalue weighted by Crippen LogP contribution is 2.15. The van der Waals surface area contributed by atoms with E-state index in [9.17, 15) is 13.2 Å². The lowest BCUT2D eigenvalue weighted by atomic mass is 9.93. The lowest BCUT2D eigenvalue weighted by Gasteiger charge is -2.20. The minimum atomic E-state index is -3.71. The number of hydrogen-bond acceptors (Lipinski definition) is 4. The molecule has 5 N–H and O–H groups in total. The summed E-state index contributed by atoms with van der Waals surface area (Å²) in [6.07, 6.45) is 0. The first-order valence-electron chi connectivity index (χ1n) is 5.76. The molecule has 0 aliphatic carbocycles. The summed E-state index contributed by atoms with van der Waals surface area (Å²) in [6.45, 7) is 3.04. The SMILES string of the molecule is CC(C)(CNS(=O)(=O)c1ccc(C(N)=S)cc1)C(N)=O. The van der Waals surface area contributed by atoms with Gasteiger partial charge in [0.05, 0.1) is 10.3 Å². The summed E-state index contributed by atoms with van der Waals surface area (Å²) in [4.78, 5) is 11.4. The van der Waals surface area contributed by atoms with Crippen molar-refractivity contribution in [2.24, 2.45) is 16.9 Å². The Morgan fingerprint density at radius 2 is 1.75 bits per heavy atom. The Morgan fingerprint density at radius 1 is 1.25 bits per heavy atom. The molecule has 0 spiro atoms. The Balaban J connectivity index is 2.89. The van der Waals surface area contributed by atoms with Crippen molar-refractivity contribution >= 4 is 33.1 Å². The lowest BCUT2D eigenvalue weighted by molar-refractivity contribution is -0.125. The van der Waals surface area contributed by atoms with E-state index >= 15 is 0 Å². The second-order valence-corrected chi connectivity index (χ2v) is 7.17. The number of thiocarbonyl (C=S) groups is 1. The number of hydrogen-bond donors (Lipinski definition) is 3. The molecular weight excluding hydrogens is 298 g/mol. The van der Waals surface area contributed by atoms with Gasteiger partial charge in [-0.15, -0.1) is 0 Å². The van der Waals surface area contributed by atoms with Crippen LogP contribution in [0.4, 0.5) is 0 Å². The van der Waals surface area contributed by atoms with Crippen molar-refractivity contribution in [1.29, 1.82) is 0 Å². The van der Waals surface area contributed by atoms with E-state index in [4.69, 9.17) is 23.7 Å². The normalized spacial score (nSPS) is 12.1. The summed E-state index contributed by atoms with van der Waals surface area (Å²) in [5.41, 5.74) is 10.2. The molecule has 20 heavy (non-hydrogen) atoms. The number of sulfonamides is 1. The minimum absolute atomic E-state index is 0.0674. The number of rotatable bonds is 6. The number of nitrogens with one attached hydrogen (secondary N) is 1. The fourth-order valence-electron chi connectivity index (χ4n) is 1.24. The van der Waals surface area contributed by atoms with Gasteiger partial charge in [-0.3, -0.25) is 4.79 Å². The van der Waals surface area contributed by atoms with Gasteiger partial charge in [-0.2, -0.15) is 0 Å². The first-order valence-corrected chi connectivity index (χ1v) is 7.65. The third-order valence-electron chi connectivity index (χ3n) is 2.82. The molecule has 0 aliphatic heterocycles. The molecule has 0 radical (unpaired) electrons. The molecule has 1 amide bonds. The Labute approximate surface area is 123 Å². The molecule has 0 atom stereocenters. The van der Waals surface area contributed by atoms with Gasteiger partial charge in [-0.25, -0.2) is 13.1 Å². The van der Waals surface area contributed by atoms with Gasteiger partial charge in [0.15, 0.2) is 0 Å². The van der Waals surface area contributed by atoms with E-state index in [-0.39, 0.29) is 16.4 Å². The molecule has 0 aliphatic rings. The minimum Gasteiger partial charge on any atom is -0.389 e. The van der Waals surface area contributed by atoms with Gasteiger partial charge in [0, 0.05) is 12.1 Å². The van der Waals surface area contributed by atoms with Crippen LogP contribution in [0.1, 0.15) is 19.4 Å². The maximum absolute atomic E-state index is 12.1. The first-order chi connectivity index (χ1) is 9.06. The van der Waals surface area contributed by atoms with Crippen molar-refractivity contribution in [3.63, 3.8) is 0 Å². The van der Waals surface area contributed by atoms with Gasteiger partial charge in [0.2, 0.25) is 15.9 Å². The zero-order valence-corrected chi connectivity index (χ0v) is 12.8. The molecule has 6 nitrogen and oxygen atoms in total. The van der Waals surface area contributed by atoms with E-state index in [2.05, 4.69) is 4.72 Å².